The topological polar surface area (TPSA) is 18.5 Å². The second kappa shape index (κ2) is 7.32. The van der Waals surface area contributed by atoms with Crippen LogP contribution in [-0.4, -0.2) is 14.2 Å². The van der Waals surface area contributed by atoms with Crippen molar-refractivity contribution in [1.29, 1.82) is 0 Å². The van der Waals surface area contributed by atoms with Crippen LogP contribution in [0.3, 0.4) is 0 Å². The molecule has 0 atom stereocenters. The molecule has 0 bridgehead atoms. The molecular formula is C10H10Br2O2S2. The van der Waals surface area contributed by atoms with Crippen molar-refractivity contribution in [2.75, 3.05) is 14.2 Å². The predicted octanol–water partition coefficient (Wildman–Crippen LogP) is 5.04. The zero-order valence-electron chi connectivity index (χ0n) is 8.70. The molecule has 0 unspecified atom stereocenters. The van der Waals surface area contributed by atoms with Gasteiger partial charge >= 0.3 is 0 Å². The molecule has 2 rings (SSSR count). The zero-order valence-corrected chi connectivity index (χ0v) is 13.5. The third kappa shape index (κ3) is 4.45. The second-order valence-corrected chi connectivity index (χ2v) is 6.68. The predicted molar refractivity (Wildman–Crippen MR) is 77.1 cm³/mol. The van der Waals surface area contributed by atoms with E-state index >= 15 is 0 Å². The maximum absolute atomic E-state index is 5.01. The summed E-state index contributed by atoms with van der Waals surface area (Å²) in [7, 11) is 3.33. The maximum Gasteiger partial charge on any atom is 0.189 e. The molecule has 2 heterocycles. The van der Waals surface area contributed by atoms with E-state index in [2.05, 4.69) is 31.9 Å². The number of ether oxygens (including phenoxy) is 2. The van der Waals surface area contributed by atoms with Crippen LogP contribution < -0.4 is 9.47 Å². The molecule has 6 heteroatoms. The summed E-state index contributed by atoms with van der Waals surface area (Å²) in [5.41, 5.74) is 0. The summed E-state index contributed by atoms with van der Waals surface area (Å²) in [6.45, 7) is 0. The minimum Gasteiger partial charge on any atom is -0.487 e. The average molecular weight is 386 g/mol. The fourth-order valence-corrected chi connectivity index (χ4v) is 3.74. The van der Waals surface area contributed by atoms with Crippen LogP contribution in [0.5, 0.6) is 10.1 Å². The van der Waals surface area contributed by atoms with Crippen molar-refractivity contribution >= 4 is 54.5 Å². The van der Waals surface area contributed by atoms with Crippen LogP contribution in [0, 0.1) is 0 Å². The van der Waals surface area contributed by atoms with E-state index in [-0.39, 0.29) is 0 Å². The van der Waals surface area contributed by atoms with E-state index in [9.17, 15) is 0 Å². The van der Waals surface area contributed by atoms with Gasteiger partial charge in [0.2, 0.25) is 0 Å². The zero-order chi connectivity index (χ0) is 12.0. The molecule has 2 nitrogen and oxygen atoms in total. The number of halogens is 2. The summed E-state index contributed by atoms with van der Waals surface area (Å²) in [5.74, 6) is 0. The first-order chi connectivity index (χ1) is 7.67. The minimum atomic E-state index is 0.905. The van der Waals surface area contributed by atoms with Gasteiger partial charge in [0.15, 0.2) is 10.1 Å². The van der Waals surface area contributed by atoms with Gasteiger partial charge < -0.3 is 9.47 Å². The molecule has 0 N–H and O–H groups in total. The Bertz CT molecular complexity index is 412. The Kier molecular flexibility index (Phi) is 6.41. The lowest BCUT2D eigenvalue weighted by atomic mass is 10.6. The van der Waals surface area contributed by atoms with Gasteiger partial charge in [0.1, 0.15) is 0 Å². The standard InChI is InChI=1S/C5H4Br2OS.C5H6OS/c1-8-5-3(6)2-4(7)9-5;1-6-5-3-2-4-7-5/h2H,1H3;2-4H,1H3. The van der Waals surface area contributed by atoms with Gasteiger partial charge in [-0.1, -0.05) is 11.3 Å². The number of methoxy groups -OCH3 is 2. The monoisotopic (exact) mass is 384 g/mol. The first-order valence-electron chi connectivity index (χ1n) is 4.23. The lowest BCUT2D eigenvalue weighted by molar-refractivity contribution is 0.425. The van der Waals surface area contributed by atoms with Crippen LogP contribution in [0.1, 0.15) is 0 Å². The molecule has 0 aliphatic rings. The number of hydrogen-bond donors (Lipinski definition) is 0. The van der Waals surface area contributed by atoms with Crippen molar-refractivity contribution in [3.05, 3.63) is 31.8 Å². The summed E-state index contributed by atoms with van der Waals surface area (Å²) >= 11 is 9.83. The van der Waals surface area contributed by atoms with Gasteiger partial charge in [0, 0.05) is 0 Å². The fraction of sp³-hybridized carbons (Fsp3) is 0.200. The average Bonchev–Trinajstić information content (AvgIpc) is 2.88. The van der Waals surface area contributed by atoms with Gasteiger partial charge in [-0.05, 0) is 55.4 Å². The molecule has 2 aromatic heterocycles. The third-order valence-electron chi connectivity index (χ3n) is 1.51. The summed E-state index contributed by atoms with van der Waals surface area (Å²) in [5, 5.41) is 3.86. The fourth-order valence-electron chi connectivity index (χ4n) is 0.844. The lowest BCUT2D eigenvalue weighted by Crippen LogP contribution is -1.75. The van der Waals surface area contributed by atoms with Crippen LogP contribution in [0.4, 0.5) is 0 Å². The van der Waals surface area contributed by atoms with Crippen molar-refractivity contribution in [3.63, 3.8) is 0 Å². The molecule has 0 radical (unpaired) electrons. The summed E-state index contributed by atoms with van der Waals surface area (Å²) in [6.07, 6.45) is 0. The van der Waals surface area contributed by atoms with Gasteiger partial charge in [0.25, 0.3) is 0 Å². The van der Waals surface area contributed by atoms with Crippen molar-refractivity contribution in [3.8, 4) is 10.1 Å². The molecule has 0 aromatic carbocycles. The van der Waals surface area contributed by atoms with Crippen molar-refractivity contribution in [2.24, 2.45) is 0 Å². The van der Waals surface area contributed by atoms with Crippen molar-refractivity contribution in [2.45, 2.75) is 0 Å². The molecule has 16 heavy (non-hydrogen) atoms. The van der Waals surface area contributed by atoms with E-state index < -0.39 is 0 Å². The molecule has 0 aliphatic carbocycles. The molecule has 0 amide bonds. The van der Waals surface area contributed by atoms with Gasteiger partial charge in [-0.3, -0.25) is 0 Å². The highest BCUT2D eigenvalue weighted by molar-refractivity contribution is 9.11. The van der Waals surface area contributed by atoms with Gasteiger partial charge in [-0.25, -0.2) is 0 Å². The Morgan fingerprint density at radius 3 is 2.19 bits per heavy atom. The highest BCUT2D eigenvalue weighted by Crippen LogP contribution is 2.37. The quantitative estimate of drug-likeness (QED) is 0.720. The minimum absolute atomic E-state index is 0.905. The largest absolute Gasteiger partial charge is 0.487 e. The van der Waals surface area contributed by atoms with E-state index in [0.29, 0.717) is 0 Å². The van der Waals surface area contributed by atoms with E-state index in [1.165, 1.54) is 0 Å². The molecular weight excluding hydrogens is 376 g/mol. The Morgan fingerprint density at radius 2 is 1.94 bits per heavy atom. The van der Waals surface area contributed by atoms with Crippen molar-refractivity contribution in [1.82, 2.24) is 0 Å². The van der Waals surface area contributed by atoms with E-state index in [4.69, 9.17) is 9.47 Å². The molecule has 0 saturated carbocycles. The highest BCUT2D eigenvalue weighted by Gasteiger charge is 2.02. The summed E-state index contributed by atoms with van der Waals surface area (Å²) < 4.78 is 12.0. The normalized spacial score (nSPS) is 9.25. The lowest BCUT2D eigenvalue weighted by Gasteiger charge is -1.90. The smallest absolute Gasteiger partial charge is 0.189 e. The van der Waals surface area contributed by atoms with Gasteiger partial charge in [0.05, 0.1) is 22.5 Å². The first kappa shape index (κ1) is 14.0. The van der Waals surface area contributed by atoms with E-state index in [0.717, 1.165) is 18.4 Å². The Hall–Kier alpha value is -0.0400. The van der Waals surface area contributed by atoms with Crippen LogP contribution in [0.25, 0.3) is 0 Å². The van der Waals surface area contributed by atoms with Crippen LogP contribution in [0.15, 0.2) is 31.8 Å². The van der Waals surface area contributed by atoms with Crippen LogP contribution >= 0.6 is 54.5 Å². The third-order valence-corrected chi connectivity index (χ3v) is 4.79. The van der Waals surface area contributed by atoms with E-state index in [1.54, 1.807) is 36.9 Å². The number of thiophene rings is 2. The highest BCUT2D eigenvalue weighted by atomic mass is 79.9. The van der Waals surface area contributed by atoms with Crippen molar-refractivity contribution < 1.29 is 9.47 Å². The number of rotatable bonds is 2. The molecule has 2 aromatic rings. The molecule has 88 valence electrons. The maximum atomic E-state index is 5.01. The molecule has 0 aliphatic heterocycles. The van der Waals surface area contributed by atoms with Gasteiger partial charge in [-0.15, -0.1) is 11.3 Å². The Balaban J connectivity index is 0.000000165. The summed E-state index contributed by atoms with van der Waals surface area (Å²) in [6, 6.07) is 5.86. The molecule has 0 fully saturated rings. The Labute approximate surface area is 119 Å². The SMILES string of the molecule is COc1cccs1.COc1sc(Br)cc1Br. The van der Waals surface area contributed by atoms with Crippen LogP contribution in [-0.2, 0) is 0 Å². The second-order valence-electron chi connectivity index (χ2n) is 2.53. The molecule has 0 saturated heterocycles. The first-order valence-corrected chi connectivity index (χ1v) is 7.52. The Morgan fingerprint density at radius 1 is 1.19 bits per heavy atom. The number of hydrogen-bond acceptors (Lipinski definition) is 4. The summed E-state index contributed by atoms with van der Waals surface area (Å²) in [4.78, 5) is 0. The van der Waals surface area contributed by atoms with Gasteiger partial charge in [-0.2, -0.15) is 0 Å². The van der Waals surface area contributed by atoms with Crippen LogP contribution in [0.2, 0.25) is 0 Å². The van der Waals surface area contributed by atoms with E-state index in [1.807, 2.05) is 23.6 Å². The molecule has 0 spiro atoms.